The van der Waals surface area contributed by atoms with E-state index in [0.717, 1.165) is 9.13 Å². The number of hydrogen-bond donors (Lipinski definition) is 1. The fourth-order valence-corrected chi connectivity index (χ4v) is 3.21. The van der Waals surface area contributed by atoms with Gasteiger partial charge in [-0.1, -0.05) is 30.3 Å². The number of halogens is 1. The van der Waals surface area contributed by atoms with E-state index in [1.807, 2.05) is 24.3 Å². The smallest absolute Gasteiger partial charge is 0.273 e. The number of nitrogens with zero attached hydrogens (tertiary/aromatic N) is 2. The van der Waals surface area contributed by atoms with E-state index < -0.39 is 10.8 Å². The van der Waals surface area contributed by atoms with Gasteiger partial charge in [0.25, 0.3) is 5.69 Å². The molecule has 0 saturated carbocycles. The third kappa shape index (κ3) is 6.51. The van der Waals surface area contributed by atoms with Gasteiger partial charge >= 0.3 is 0 Å². The van der Waals surface area contributed by atoms with Crippen LogP contribution in [0.15, 0.2) is 71.8 Å². The van der Waals surface area contributed by atoms with E-state index in [1.54, 1.807) is 43.5 Å². The molecular weight excluding hydrogens is 525 g/mol. The van der Waals surface area contributed by atoms with Crippen LogP contribution in [0.4, 0.5) is 5.69 Å². The molecule has 0 unspecified atom stereocenters. The SMILES string of the molecule is COc1cc(/C=N/NC(=O)Cc2ccccc2[N+](=O)[O-])ccc1OCc1ccc(I)cc1. The Morgan fingerprint density at radius 1 is 1.12 bits per heavy atom. The highest BCUT2D eigenvalue weighted by Crippen LogP contribution is 2.28. The van der Waals surface area contributed by atoms with E-state index in [1.165, 1.54) is 12.3 Å². The monoisotopic (exact) mass is 545 g/mol. The molecule has 1 amide bonds. The predicted octanol–water partition coefficient (Wildman–Crippen LogP) is 4.48. The summed E-state index contributed by atoms with van der Waals surface area (Å²) in [5.41, 5.74) is 4.34. The van der Waals surface area contributed by atoms with Crippen LogP contribution in [0.5, 0.6) is 11.5 Å². The second kappa shape index (κ2) is 11.2. The van der Waals surface area contributed by atoms with E-state index in [-0.39, 0.29) is 12.1 Å². The normalized spacial score (nSPS) is 10.7. The second-order valence-electron chi connectivity index (χ2n) is 6.68. The van der Waals surface area contributed by atoms with Crippen LogP contribution in [0, 0.1) is 13.7 Å². The standard InChI is InChI=1S/C23H20IN3O5/c1-31-22-12-17(8-11-21(22)32-15-16-6-9-19(24)10-7-16)14-25-26-23(28)13-18-4-2-3-5-20(18)27(29)30/h2-12,14H,13,15H2,1H3,(H,26,28)/b25-14+. The van der Waals surface area contributed by atoms with Gasteiger partial charge in [0.15, 0.2) is 11.5 Å². The number of carbonyl (C=O) groups excluding carboxylic acids is 1. The van der Waals surface area contributed by atoms with Gasteiger partial charge in [-0.05, 0) is 64.0 Å². The molecule has 0 aromatic heterocycles. The molecule has 0 radical (unpaired) electrons. The lowest BCUT2D eigenvalue weighted by Gasteiger charge is -2.11. The van der Waals surface area contributed by atoms with Crippen LogP contribution in [0.25, 0.3) is 0 Å². The molecule has 1 N–H and O–H groups in total. The van der Waals surface area contributed by atoms with Crippen molar-refractivity contribution >= 4 is 40.4 Å². The zero-order chi connectivity index (χ0) is 22.9. The Morgan fingerprint density at radius 3 is 2.59 bits per heavy atom. The summed E-state index contributed by atoms with van der Waals surface area (Å²) in [6, 6.07) is 19.4. The average molecular weight is 545 g/mol. The van der Waals surface area contributed by atoms with Gasteiger partial charge in [0.2, 0.25) is 5.91 Å². The first-order valence-corrected chi connectivity index (χ1v) is 10.6. The molecular formula is C23H20IN3O5. The summed E-state index contributed by atoms with van der Waals surface area (Å²) < 4.78 is 12.4. The van der Waals surface area contributed by atoms with Crippen molar-refractivity contribution in [1.29, 1.82) is 0 Å². The molecule has 8 nitrogen and oxygen atoms in total. The van der Waals surface area contributed by atoms with Crippen molar-refractivity contribution in [3.8, 4) is 11.5 Å². The number of hydrazone groups is 1. The number of amides is 1. The Morgan fingerprint density at radius 2 is 1.88 bits per heavy atom. The van der Waals surface area contributed by atoms with Gasteiger partial charge in [0, 0.05) is 15.2 Å². The maximum Gasteiger partial charge on any atom is 0.273 e. The first-order valence-electron chi connectivity index (χ1n) is 9.55. The second-order valence-corrected chi connectivity index (χ2v) is 7.93. The van der Waals surface area contributed by atoms with Gasteiger partial charge in [0.05, 0.1) is 24.7 Å². The Kier molecular flexibility index (Phi) is 8.14. The van der Waals surface area contributed by atoms with Crippen LogP contribution < -0.4 is 14.9 Å². The minimum atomic E-state index is -0.514. The highest BCUT2D eigenvalue weighted by atomic mass is 127. The van der Waals surface area contributed by atoms with E-state index >= 15 is 0 Å². The minimum absolute atomic E-state index is 0.0998. The summed E-state index contributed by atoms with van der Waals surface area (Å²) in [6.07, 6.45) is 1.31. The Hall–Kier alpha value is -3.47. The van der Waals surface area contributed by atoms with E-state index in [4.69, 9.17) is 9.47 Å². The molecule has 0 aliphatic rings. The van der Waals surface area contributed by atoms with Crippen molar-refractivity contribution in [3.05, 3.63) is 97.1 Å². The Labute approximate surface area is 198 Å². The van der Waals surface area contributed by atoms with Gasteiger partial charge in [0.1, 0.15) is 6.61 Å². The molecule has 32 heavy (non-hydrogen) atoms. The summed E-state index contributed by atoms with van der Waals surface area (Å²) in [4.78, 5) is 22.6. The number of carbonyl (C=O) groups is 1. The van der Waals surface area contributed by atoms with Crippen molar-refractivity contribution in [1.82, 2.24) is 5.43 Å². The van der Waals surface area contributed by atoms with Crippen molar-refractivity contribution in [2.24, 2.45) is 5.10 Å². The fourth-order valence-electron chi connectivity index (χ4n) is 2.86. The summed E-state index contributed by atoms with van der Waals surface area (Å²) in [6.45, 7) is 0.405. The van der Waals surface area contributed by atoms with Crippen LogP contribution in [-0.4, -0.2) is 24.2 Å². The minimum Gasteiger partial charge on any atom is -0.493 e. The molecule has 0 saturated heterocycles. The molecule has 3 rings (SSSR count). The fraction of sp³-hybridized carbons (Fsp3) is 0.130. The lowest BCUT2D eigenvalue weighted by atomic mass is 10.1. The molecule has 0 bridgehead atoms. The van der Waals surface area contributed by atoms with E-state index in [2.05, 4.69) is 33.1 Å². The van der Waals surface area contributed by atoms with Gasteiger partial charge in [-0.25, -0.2) is 5.43 Å². The summed E-state index contributed by atoms with van der Waals surface area (Å²) in [7, 11) is 1.54. The topological polar surface area (TPSA) is 103 Å². The number of benzene rings is 3. The van der Waals surface area contributed by atoms with E-state index in [9.17, 15) is 14.9 Å². The maximum absolute atomic E-state index is 12.1. The summed E-state index contributed by atoms with van der Waals surface area (Å²) in [5, 5.41) is 15.0. The number of hydrogen-bond acceptors (Lipinski definition) is 6. The molecule has 0 spiro atoms. The van der Waals surface area contributed by atoms with Crippen LogP contribution in [0.2, 0.25) is 0 Å². The number of rotatable bonds is 9. The van der Waals surface area contributed by atoms with Crippen molar-refractivity contribution in [2.75, 3.05) is 7.11 Å². The molecule has 0 aliphatic heterocycles. The quantitative estimate of drug-likeness (QED) is 0.185. The first-order chi connectivity index (χ1) is 15.5. The van der Waals surface area contributed by atoms with Gasteiger partial charge in [-0.2, -0.15) is 5.10 Å². The maximum atomic E-state index is 12.1. The number of ether oxygens (including phenoxy) is 2. The molecule has 0 atom stereocenters. The van der Waals surface area contributed by atoms with Crippen molar-refractivity contribution in [3.63, 3.8) is 0 Å². The number of nitro groups is 1. The van der Waals surface area contributed by atoms with Crippen LogP contribution >= 0.6 is 22.6 Å². The largest absolute Gasteiger partial charge is 0.493 e. The molecule has 0 fully saturated rings. The highest BCUT2D eigenvalue weighted by Gasteiger charge is 2.15. The summed E-state index contributed by atoms with van der Waals surface area (Å²) >= 11 is 2.25. The lowest BCUT2D eigenvalue weighted by molar-refractivity contribution is -0.385. The van der Waals surface area contributed by atoms with Gasteiger partial charge in [-0.15, -0.1) is 0 Å². The molecule has 3 aromatic carbocycles. The Bertz CT molecular complexity index is 1130. The Balaban J connectivity index is 1.59. The highest BCUT2D eigenvalue weighted by molar-refractivity contribution is 14.1. The summed E-state index contributed by atoms with van der Waals surface area (Å²) in [5.74, 6) is 0.661. The molecule has 0 heterocycles. The number of para-hydroxylation sites is 1. The van der Waals surface area contributed by atoms with Crippen LogP contribution in [0.3, 0.4) is 0 Å². The molecule has 0 aliphatic carbocycles. The van der Waals surface area contributed by atoms with Gasteiger partial charge < -0.3 is 9.47 Å². The zero-order valence-electron chi connectivity index (χ0n) is 17.2. The number of methoxy groups -OCH3 is 1. The number of nitro benzene ring substituents is 1. The zero-order valence-corrected chi connectivity index (χ0v) is 19.3. The number of nitrogens with one attached hydrogen (secondary N) is 1. The third-order valence-electron chi connectivity index (χ3n) is 4.44. The predicted molar refractivity (Wildman–Crippen MR) is 129 cm³/mol. The molecule has 164 valence electrons. The molecule has 9 heteroatoms. The van der Waals surface area contributed by atoms with Gasteiger partial charge in [-0.3, -0.25) is 14.9 Å². The van der Waals surface area contributed by atoms with Crippen molar-refractivity contribution in [2.45, 2.75) is 13.0 Å². The lowest BCUT2D eigenvalue weighted by Crippen LogP contribution is -2.20. The van der Waals surface area contributed by atoms with Crippen molar-refractivity contribution < 1.29 is 19.2 Å². The third-order valence-corrected chi connectivity index (χ3v) is 5.16. The molecule has 3 aromatic rings. The van der Waals surface area contributed by atoms with Crippen LogP contribution in [-0.2, 0) is 17.8 Å². The average Bonchev–Trinajstić information content (AvgIpc) is 2.79. The van der Waals surface area contributed by atoms with E-state index in [0.29, 0.717) is 29.2 Å². The first kappa shape index (κ1) is 23.2. The van der Waals surface area contributed by atoms with Crippen LogP contribution in [0.1, 0.15) is 16.7 Å².